The van der Waals surface area contributed by atoms with E-state index in [2.05, 4.69) is 20.9 Å². The number of nitrogens with zero attached hydrogens (tertiary/aromatic N) is 4. The van der Waals surface area contributed by atoms with Crippen LogP contribution in [0.15, 0.2) is 59.3 Å². The molecule has 0 spiro atoms. The van der Waals surface area contributed by atoms with Crippen molar-refractivity contribution in [3.8, 4) is 0 Å². The number of benzene rings is 3. The first-order valence-electron chi connectivity index (χ1n) is 11.0. The highest BCUT2D eigenvalue weighted by atomic mass is 79.9. The summed E-state index contributed by atoms with van der Waals surface area (Å²) in [5, 5.41) is 2.73. The van der Waals surface area contributed by atoms with E-state index in [9.17, 15) is 9.59 Å². The molecule has 1 aliphatic heterocycles. The summed E-state index contributed by atoms with van der Waals surface area (Å²) in [5.41, 5.74) is 2.01. The van der Waals surface area contributed by atoms with Crippen molar-refractivity contribution in [2.45, 2.75) is 25.9 Å². The fourth-order valence-corrected chi connectivity index (χ4v) is 5.55. The number of carbonyl (C=O) groups excluding carboxylic acids is 2. The molecule has 1 aliphatic rings. The zero-order valence-electron chi connectivity index (χ0n) is 18.4. The molecule has 0 radical (unpaired) electrons. The van der Waals surface area contributed by atoms with Crippen LogP contribution in [-0.2, 0) is 13.1 Å². The van der Waals surface area contributed by atoms with Gasteiger partial charge in [0.05, 0.1) is 6.54 Å². The molecule has 0 saturated heterocycles. The molecule has 178 valence electrons. The fraction of sp³-hybridized carbons (Fsp3) is 0.200. The monoisotopic (exact) mass is 588 g/mol. The largest absolute Gasteiger partial charge is 0.274 e. The van der Waals surface area contributed by atoms with E-state index in [1.54, 1.807) is 30.6 Å². The molecule has 1 aromatic heterocycles. The Morgan fingerprint density at radius 3 is 2.46 bits per heavy atom. The average Bonchev–Trinajstić information content (AvgIpc) is 3.18. The molecular weight excluding hydrogens is 571 g/mol. The number of rotatable bonds is 7. The molecule has 4 aromatic rings. The van der Waals surface area contributed by atoms with E-state index in [0.29, 0.717) is 63.8 Å². The van der Waals surface area contributed by atoms with Crippen LogP contribution in [0.5, 0.6) is 0 Å². The Labute approximate surface area is 225 Å². The molecular formula is C25H19BrCl2N4O2S. The van der Waals surface area contributed by atoms with Gasteiger partial charge in [0.15, 0.2) is 0 Å². The summed E-state index contributed by atoms with van der Waals surface area (Å²) in [6.45, 7) is 1.42. The van der Waals surface area contributed by atoms with Crippen LogP contribution in [-0.4, -0.2) is 37.6 Å². The Morgan fingerprint density at radius 1 is 0.943 bits per heavy atom. The van der Waals surface area contributed by atoms with E-state index in [1.165, 1.54) is 4.90 Å². The lowest BCUT2D eigenvalue weighted by Gasteiger charge is -2.27. The minimum absolute atomic E-state index is 0.259. The maximum Gasteiger partial charge on any atom is 0.261 e. The van der Waals surface area contributed by atoms with Crippen molar-refractivity contribution in [2.75, 3.05) is 6.54 Å². The van der Waals surface area contributed by atoms with Crippen molar-refractivity contribution >= 4 is 73.9 Å². The van der Waals surface area contributed by atoms with E-state index >= 15 is 0 Å². The van der Waals surface area contributed by atoms with Gasteiger partial charge in [-0.1, -0.05) is 57.3 Å². The van der Waals surface area contributed by atoms with Crippen LogP contribution in [0.25, 0.3) is 10.8 Å². The van der Waals surface area contributed by atoms with E-state index in [-0.39, 0.29) is 11.8 Å². The molecule has 0 N–H and O–H groups in total. The third kappa shape index (κ3) is 4.56. The van der Waals surface area contributed by atoms with Gasteiger partial charge in [0.1, 0.15) is 6.33 Å². The predicted molar refractivity (Wildman–Crippen MR) is 143 cm³/mol. The summed E-state index contributed by atoms with van der Waals surface area (Å²) in [6, 6.07) is 14.5. The maximum absolute atomic E-state index is 13.1. The van der Waals surface area contributed by atoms with Gasteiger partial charge in [-0.2, -0.15) is 0 Å². The van der Waals surface area contributed by atoms with E-state index in [4.69, 9.17) is 35.4 Å². The van der Waals surface area contributed by atoms with Gasteiger partial charge < -0.3 is 0 Å². The first-order chi connectivity index (χ1) is 16.8. The number of hydrogen-bond acceptors (Lipinski definition) is 4. The van der Waals surface area contributed by atoms with Crippen LogP contribution >= 0.6 is 51.3 Å². The number of halogens is 3. The minimum Gasteiger partial charge on any atom is -0.274 e. The van der Waals surface area contributed by atoms with Crippen molar-refractivity contribution in [3.63, 3.8) is 0 Å². The second kappa shape index (κ2) is 9.85. The highest BCUT2D eigenvalue weighted by Crippen LogP contribution is 2.34. The van der Waals surface area contributed by atoms with E-state index < -0.39 is 0 Å². The molecule has 35 heavy (non-hydrogen) atoms. The number of imide groups is 1. The SMILES string of the molecule is O=C1c2cccc3c(Br)ccc(c23)C(=O)N1CCCCn1c(=S)ncn1Cc1ccc(Cl)cc1Cl. The molecule has 6 nitrogen and oxygen atoms in total. The Balaban J connectivity index is 1.27. The molecule has 2 heterocycles. The molecule has 5 rings (SSSR count). The van der Waals surface area contributed by atoms with Crippen LogP contribution in [0, 0.1) is 4.77 Å². The fourth-order valence-electron chi connectivity index (χ4n) is 4.37. The first-order valence-corrected chi connectivity index (χ1v) is 12.9. The van der Waals surface area contributed by atoms with Crippen molar-refractivity contribution in [2.24, 2.45) is 0 Å². The zero-order chi connectivity index (χ0) is 24.7. The highest BCUT2D eigenvalue weighted by molar-refractivity contribution is 9.10. The summed E-state index contributed by atoms with van der Waals surface area (Å²) >= 11 is 21.2. The third-order valence-electron chi connectivity index (χ3n) is 6.12. The van der Waals surface area contributed by atoms with Crippen LogP contribution in [0.3, 0.4) is 0 Å². The highest BCUT2D eigenvalue weighted by Gasteiger charge is 2.32. The van der Waals surface area contributed by atoms with Crippen molar-refractivity contribution < 1.29 is 9.59 Å². The third-order valence-corrected chi connectivity index (χ3v) is 7.71. The van der Waals surface area contributed by atoms with Crippen LogP contribution < -0.4 is 0 Å². The van der Waals surface area contributed by atoms with Crippen LogP contribution in [0.1, 0.15) is 39.1 Å². The molecule has 0 fully saturated rings. The lowest BCUT2D eigenvalue weighted by molar-refractivity contribution is 0.0607. The summed E-state index contributed by atoms with van der Waals surface area (Å²) < 4.78 is 5.13. The Morgan fingerprint density at radius 2 is 1.69 bits per heavy atom. The van der Waals surface area contributed by atoms with Gasteiger partial charge in [0, 0.05) is 44.1 Å². The number of unbranched alkanes of at least 4 members (excludes halogenated alkanes) is 1. The van der Waals surface area contributed by atoms with Crippen LogP contribution in [0.4, 0.5) is 0 Å². The quantitative estimate of drug-likeness (QED) is 0.136. The number of hydrogen-bond donors (Lipinski definition) is 0. The van der Waals surface area contributed by atoms with Crippen molar-refractivity contribution in [3.05, 3.63) is 90.8 Å². The van der Waals surface area contributed by atoms with Gasteiger partial charge in [-0.25, -0.2) is 4.98 Å². The van der Waals surface area contributed by atoms with Gasteiger partial charge in [-0.05, 0) is 66.3 Å². The number of amides is 2. The molecule has 3 aromatic carbocycles. The maximum atomic E-state index is 13.1. The summed E-state index contributed by atoms with van der Waals surface area (Å²) in [4.78, 5) is 31.9. The second-order valence-electron chi connectivity index (χ2n) is 8.28. The van der Waals surface area contributed by atoms with Gasteiger partial charge >= 0.3 is 0 Å². The Kier molecular flexibility index (Phi) is 6.81. The Hall–Kier alpha value is -2.52. The van der Waals surface area contributed by atoms with E-state index in [0.717, 1.165) is 15.4 Å². The lowest BCUT2D eigenvalue weighted by Crippen LogP contribution is -2.41. The Bertz CT molecular complexity index is 1530. The summed E-state index contributed by atoms with van der Waals surface area (Å²) in [6.07, 6.45) is 3.03. The molecule has 10 heteroatoms. The van der Waals surface area contributed by atoms with Gasteiger partial charge in [-0.3, -0.25) is 23.9 Å². The standard InChI is InChI=1S/C25H19BrCl2N4O2S/c26-20-9-8-19-22-17(20)4-3-5-18(22)23(33)31(24(19)34)10-1-2-11-32-25(35)29-14-30(32)13-15-6-7-16(27)12-21(15)28/h3-9,12,14H,1-2,10-11,13H2. The predicted octanol–water partition coefficient (Wildman–Crippen LogP) is 6.76. The summed E-state index contributed by atoms with van der Waals surface area (Å²) in [7, 11) is 0. The topological polar surface area (TPSA) is 60.1 Å². The summed E-state index contributed by atoms with van der Waals surface area (Å²) in [5.74, 6) is -0.518. The van der Waals surface area contributed by atoms with Gasteiger partial charge in [0.25, 0.3) is 11.8 Å². The average molecular weight is 590 g/mol. The van der Waals surface area contributed by atoms with Gasteiger partial charge in [0.2, 0.25) is 4.77 Å². The normalized spacial score (nSPS) is 13.2. The van der Waals surface area contributed by atoms with Crippen LogP contribution in [0.2, 0.25) is 10.0 Å². The molecule has 0 atom stereocenters. The first kappa shape index (κ1) is 24.2. The lowest BCUT2D eigenvalue weighted by atomic mass is 9.94. The zero-order valence-corrected chi connectivity index (χ0v) is 22.3. The van der Waals surface area contributed by atoms with Gasteiger partial charge in [-0.15, -0.1) is 0 Å². The number of aromatic nitrogens is 3. The van der Waals surface area contributed by atoms with E-state index in [1.807, 2.05) is 33.6 Å². The van der Waals surface area contributed by atoms with Crippen molar-refractivity contribution in [1.29, 1.82) is 0 Å². The molecule has 0 unspecified atom stereocenters. The molecule has 0 saturated carbocycles. The molecule has 0 aliphatic carbocycles. The number of carbonyl (C=O) groups is 2. The second-order valence-corrected chi connectivity index (χ2v) is 10.3. The van der Waals surface area contributed by atoms with Crippen molar-refractivity contribution in [1.82, 2.24) is 19.2 Å². The smallest absolute Gasteiger partial charge is 0.261 e. The minimum atomic E-state index is -0.259. The molecule has 2 amide bonds. The molecule has 0 bridgehead atoms.